The maximum absolute atomic E-state index is 5.15. The molecule has 7 heavy (non-hydrogen) atoms. The van der Waals surface area contributed by atoms with E-state index in [1.807, 2.05) is 0 Å². The highest BCUT2D eigenvalue weighted by Gasteiger charge is 2.17. The molecule has 1 N–H and O–H groups in total. The third-order valence-corrected chi connectivity index (χ3v) is 1.46. The summed E-state index contributed by atoms with van der Waals surface area (Å²) in [5.41, 5.74) is 0. The van der Waals surface area contributed by atoms with Crippen molar-refractivity contribution in [2.75, 3.05) is 6.73 Å². The van der Waals surface area contributed by atoms with Gasteiger partial charge >= 0.3 is 0 Å². The lowest BCUT2D eigenvalue weighted by Crippen LogP contribution is -2.24. The van der Waals surface area contributed by atoms with E-state index in [4.69, 9.17) is 4.74 Å². The Kier molecular flexibility index (Phi) is 1.30. The number of ether oxygens (including phenoxy) is 1. The van der Waals surface area contributed by atoms with E-state index in [1.54, 1.807) is 0 Å². The van der Waals surface area contributed by atoms with Gasteiger partial charge in [0.05, 0.1) is 12.8 Å². The summed E-state index contributed by atoms with van der Waals surface area (Å²) < 4.78 is 5.15. The van der Waals surface area contributed by atoms with Crippen LogP contribution in [0.3, 0.4) is 0 Å². The first-order valence-corrected chi connectivity index (χ1v) is 2.65. The fourth-order valence-electron chi connectivity index (χ4n) is 0.621. The first kappa shape index (κ1) is 5.06. The zero-order valence-corrected chi connectivity index (χ0v) is 4.77. The highest BCUT2D eigenvalue weighted by Crippen LogP contribution is 2.02. The third-order valence-electron chi connectivity index (χ3n) is 1.46. The molecule has 1 aliphatic heterocycles. The van der Waals surface area contributed by atoms with Gasteiger partial charge in [-0.1, -0.05) is 0 Å². The maximum atomic E-state index is 5.15. The Bertz CT molecular complexity index is 57.1. The molecule has 0 aromatic heterocycles. The molecule has 0 radical (unpaired) electrons. The fourth-order valence-corrected chi connectivity index (χ4v) is 0.621. The van der Waals surface area contributed by atoms with Crippen LogP contribution in [0.15, 0.2) is 0 Å². The minimum absolute atomic E-state index is 0.403. The molecule has 0 aromatic rings. The van der Waals surface area contributed by atoms with E-state index >= 15 is 0 Å². The van der Waals surface area contributed by atoms with E-state index in [0.717, 1.165) is 6.73 Å². The molecular weight excluding hydrogens is 90.1 g/mol. The summed E-state index contributed by atoms with van der Waals surface area (Å²) in [5, 5.41) is 3.15. The van der Waals surface area contributed by atoms with E-state index < -0.39 is 0 Å². The molecule has 2 nitrogen and oxygen atoms in total. The van der Waals surface area contributed by atoms with Gasteiger partial charge in [-0.15, -0.1) is 0 Å². The number of rotatable bonds is 0. The van der Waals surface area contributed by atoms with E-state index in [-0.39, 0.29) is 0 Å². The fraction of sp³-hybridized carbons (Fsp3) is 1.00. The number of hydrogen-bond donors (Lipinski definition) is 1. The maximum Gasteiger partial charge on any atom is 0.0972 e. The van der Waals surface area contributed by atoms with Gasteiger partial charge < -0.3 is 4.74 Å². The Morgan fingerprint density at radius 1 is 1.57 bits per heavy atom. The van der Waals surface area contributed by atoms with Crippen molar-refractivity contribution in [1.29, 1.82) is 0 Å². The Morgan fingerprint density at radius 3 is 2.43 bits per heavy atom. The van der Waals surface area contributed by atoms with Gasteiger partial charge in [0.15, 0.2) is 0 Å². The molecular formula is C5H11NO. The smallest absolute Gasteiger partial charge is 0.0972 e. The summed E-state index contributed by atoms with van der Waals surface area (Å²) >= 11 is 0. The average molecular weight is 101 g/mol. The van der Waals surface area contributed by atoms with E-state index in [1.165, 1.54) is 0 Å². The topological polar surface area (TPSA) is 21.3 Å². The zero-order chi connectivity index (χ0) is 5.28. The first-order valence-electron chi connectivity index (χ1n) is 2.65. The van der Waals surface area contributed by atoms with Crippen molar-refractivity contribution in [2.24, 2.45) is 0 Å². The van der Waals surface area contributed by atoms with Crippen LogP contribution >= 0.6 is 0 Å². The average Bonchev–Trinajstić information content (AvgIpc) is 1.91. The Morgan fingerprint density at radius 2 is 2.29 bits per heavy atom. The van der Waals surface area contributed by atoms with Gasteiger partial charge in [0, 0.05) is 6.04 Å². The Balaban J connectivity index is 2.33. The molecule has 0 spiro atoms. The van der Waals surface area contributed by atoms with Gasteiger partial charge in [0.2, 0.25) is 0 Å². The predicted octanol–water partition coefficient (Wildman–Crippen LogP) is 0.341. The van der Waals surface area contributed by atoms with Crippen LogP contribution in [-0.2, 0) is 4.74 Å². The minimum Gasteiger partial charge on any atom is -0.362 e. The van der Waals surface area contributed by atoms with Crippen molar-refractivity contribution in [3.05, 3.63) is 0 Å². The molecule has 2 atom stereocenters. The molecule has 2 heteroatoms. The summed E-state index contributed by atoms with van der Waals surface area (Å²) in [5.74, 6) is 0. The molecule has 1 saturated heterocycles. The molecule has 0 saturated carbocycles. The van der Waals surface area contributed by atoms with E-state index in [9.17, 15) is 0 Å². The molecule has 1 heterocycles. The lowest BCUT2D eigenvalue weighted by molar-refractivity contribution is 0.118. The molecule has 1 fully saturated rings. The van der Waals surface area contributed by atoms with Gasteiger partial charge in [0.25, 0.3) is 0 Å². The van der Waals surface area contributed by atoms with Crippen molar-refractivity contribution < 1.29 is 4.74 Å². The highest BCUT2D eigenvalue weighted by molar-refractivity contribution is 4.71. The van der Waals surface area contributed by atoms with Crippen LogP contribution < -0.4 is 5.32 Å². The summed E-state index contributed by atoms with van der Waals surface area (Å²) in [7, 11) is 0. The molecule has 1 rings (SSSR count). The van der Waals surface area contributed by atoms with Crippen LogP contribution in [0.4, 0.5) is 0 Å². The van der Waals surface area contributed by atoms with Crippen molar-refractivity contribution in [1.82, 2.24) is 5.32 Å². The SMILES string of the molecule is CC1NCOC1C. The van der Waals surface area contributed by atoms with Gasteiger partial charge in [0.1, 0.15) is 0 Å². The van der Waals surface area contributed by atoms with E-state index in [2.05, 4.69) is 19.2 Å². The molecule has 0 aromatic carbocycles. The van der Waals surface area contributed by atoms with Crippen molar-refractivity contribution in [3.63, 3.8) is 0 Å². The standard InChI is InChI=1S/C5H11NO/c1-4-5(2)7-3-6-4/h4-6H,3H2,1-2H3. The largest absolute Gasteiger partial charge is 0.362 e. The molecule has 2 unspecified atom stereocenters. The molecule has 0 aliphatic carbocycles. The quantitative estimate of drug-likeness (QED) is 0.475. The zero-order valence-electron chi connectivity index (χ0n) is 4.77. The number of nitrogens with one attached hydrogen (secondary N) is 1. The lowest BCUT2D eigenvalue weighted by Gasteiger charge is -2.03. The molecule has 0 bridgehead atoms. The highest BCUT2D eigenvalue weighted by atomic mass is 16.5. The first-order chi connectivity index (χ1) is 3.30. The van der Waals surface area contributed by atoms with Gasteiger partial charge in [-0.2, -0.15) is 0 Å². The van der Waals surface area contributed by atoms with Crippen LogP contribution in [0.25, 0.3) is 0 Å². The van der Waals surface area contributed by atoms with Crippen LogP contribution in [0, 0.1) is 0 Å². The second-order valence-corrected chi connectivity index (χ2v) is 2.01. The van der Waals surface area contributed by atoms with Crippen LogP contribution in [0.5, 0.6) is 0 Å². The summed E-state index contributed by atoms with van der Waals surface area (Å²) in [6.07, 6.45) is 0.403. The number of hydrogen-bond acceptors (Lipinski definition) is 2. The van der Waals surface area contributed by atoms with Crippen molar-refractivity contribution in [2.45, 2.75) is 26.0 Å². The van der Waals surface area contributed by atoms with E-state index in [0.29, 0.717) is 12.1 Å². The second-order valence-electron chi connectivity index (χ2n) is 2.01. The molecule has 1 aliphatic rings. The second kappa shape index (κ2) is 1.80. The summed E-state index contributed by atoms with van der Waals surface area (Å²) in [4.78, 5) is 0. The summed E-state index contributed by atoms with van der Waals surface area (Å²) in [6.45, 7) is 4.92. The van der Waals surface area contributed by atoms with Crippen molar-refractivity contribution in [3.8, 4) is 0 Å². The predicted molar refractivity (Wildman–Crippen MR) is 28.0 cm³/mol. The lowest BCUT2D eigenvalue weighted by atomic mass is 10.2. The molecule has 0 amide bonds. The third kappa shape index (κ3) is 0.924. The van der Waals surface area contributed by atoms with Gasteiger partial charge in [-0.3, -0.25) is 5.32 Å². The van der Waals surface area contributed by atoms with Gasteiger partial charge in [-0.25, -0.2) is 0 Å². The minimum atomic E-state index is 0.403. The van der Waals surface area contributed by atoms with Crippen LogP contribution in [0.1, 0.15) is 13.8 Å². The molecule has 42 valence electrons. The Labute approximate surface area is 43.9 Å². The summed E-state index contributed by atoms with van der Waals surface area (Å²) in [6, 6.07) is 0.542. The van der Waals surface area contributed by atoms with Gasteiger partial charge in [-0.05, 0) is 13.8 Å². The normalized spacial score (nSPS) is 42.0. The van der Waals surface area contributed by atoms with Crippen molar-refractivity contribution >= 4 is 0 Å². The monoisotopic (exact) mass is 101 g/mol. The van der Waals surface area contributed by atoms with Crippen LogP contribution in [0.2, 0.25) is 0 Å². The van der Waals surface area contributed by atoms with Crippen LogP contribution in [-0.4, -0.2) is 18.9 Å². The Hall–Kier alpha value is -0.0800.